The molecule has 0 fully saturated rings. The molecule has 1 heterocycles. The van der Waals surface area contributed by atoms with Crippen LogP contribution in [-0.4, -0.2) is 5.84 Å². The highest BCUT2D eigenvalue weighted by atomic mass is 79.9. The Labute approximate surface area is 78.9 Å². The molecule has 11 heavy (non-hydrogen) atoms. The Morgan fingerprint density at radius 3 is 3.09 bits per heavy atom. The minimum atomic E-state index is 0.436. The number of halogens is 2. The van der Waals surface area contributed by atoms with Gasteiger partial charge in [0.25, 0.3) is 0 Å². The first kappa shape index (κ1) is 8.81. The third-order valence-corrected chi connectivity index (χ3v) is 2.80. The SMILES string of the molecule is NC1=NC=CCCC(Cl)=C1Br. The molecule has 1 rings (SSSR count). The molecule has 0 saturated heterocycles. The van der Waals surface area contributed by atoms with E-state index >= 15 is 0 Å². The topological polar surface area (TPSA) is 38.4 Å². The summed E-state index contributed by atoms with van der Waals surface area (Å²) in [7, 11) is 0. The summed E-state index contributed by atoms with van der Waals surface area (Å²) >= 11 is 9.14. The first-order valence-corrected chi connectivity index (χ1v) is 4.41. The van der Waals surface area contributed by atoms with E-state index in [9.17, 15) is 0 Å². The van der Waals surface area contributed by atoms with Crippen molar-refractivity contribution in [2.75, 3.05) is 0 Å². The predicted molar refractivity (Wildman–Crippen MR) is 51.8 cm³/mol. The summed E-state index contributed by atoms with van der Waals surface area (Å²) in [5.74, 6) is 0.436. The molecule has 0 aromatic rings. The molecule has 0 radical (unpaired) electrons. The van der Waals surface area contributed by atoms with Crippen molar-refractivity contribution in [3.63, 3.8) is 0 Å². The molecule has 60 valence electrons. The van der Waals surface area contributed by atoms with Crippen molar-refractivity contribution in [2.24, 2.45) is 10.7 Å². The minimum absolute atomic E-state index is 0.436. The molecule has 0 unspecified atom stereocenters. The van der Waals surface area contributed by atoms with Gasteiger partial charge in [-0.1, -0.05) is 17.7 Å². The lowest BCUT2D eigenvalue weighted by Crippen LogP contribution is -2.12. The number of aliphatic imine (C=N–C) groups is 1. The number of nitrogens with zero attached hydrogens (tertiary/aromatic N) is 1. The molecule has 0 atom stereocenters. The monoisotopic (exact) mass is 234 g/mol. The first-order chi connectivity index (χ1) is 5.22. The van der Waals surface area contributed by atoms with Gasteiger partial charge in [0, 0.05) is 11.2 Å². The molecule has 0 bridgehead atoms. The quantitative estimate of drug-likeness (QED) is 0.688. The lowest BCUT2D eigenvalue weighted by molar-refractivity contribution is 1.02. The van der Waals surface area contributed by atoms with Crippen molar-refractivity contribution in [3.05, 3.63) is 21.8 Å². The smallest absolute Gasteiger partial charge is 0.138 e. The standard InChI is InChI=1S/C7H8BrClN2/c8-6-5(9)3-1-2-4-11-7(6)10/h2,4H,1,3H2,(H2,10,11). The van der Waals surface area contributed by atoms with Crippen molar-refractivity contribution in [1.29, 1.82) is 0 Å². The second-order valence-corrected chi connectivity index (χ2v) is 3.41. The van der Waals surface area contributed by atoms with Crippen molar-refractivity contribution < 1.29 is 0 Å². The summed E-state index contributed by atoms with van der Waals surface area (Å²) in [4.78, 5) is 3.94. The maximum Gasteiger partial charge on any atom is 0.138 e. The van der Waals surface area contributed by atoms with Crippen molar-refractivity contribution in [3.8, 4) is 0 Å². The number of hydrogen-bond acceptors (Lipinski definition) is 2. The van der Waals surface area contributed by atoms with E-state index in [4.69, 9.17) is 17.3 Å². The van der Waals surface area contributed by atoms with Crippen LogP contribution in [0.1, 0.15) is 12.8 Å². The van der Waals surface area contributed by atoms with Crippen LogP contribution in [0.3, 0.4) is 0 Å². The molecule has 2 N–H and O–H groups in total. The Kier molecular flexibility index (Phi) is 3.15. The number of amidine groups is 1. The normalized spacial score (nSPS) is 19.3. The highest BCUT2D eigenvalue weighted by Crippen LogP contribution is 2.22. The van der Waals surface area contributed by atoms with E-state index in [0.29, 0.717) is 10.3 Å². The van der Waals surface area contributed by atoms with E-state index in [0.717, 1.165) is 17.9 Å². The van der Waals surface area contributed by atoms with E-state index < -0.39 is 0 Å². The Balaban J connectivity index is 2.95. The zero-order chi connectivity index (χ0) is 8.27. The number of allylic oxidation sites excluding steroid dienone is 2. The molecular formula is C7H8BrClN2. The minimum Gasteiger partial charge on any atom is -0.383 e. The lowest BCUT2D eigenvalue weighted by atomic mass is 10.2. The van der Waals surface area contributed by atoms with Gasteiger partial charge in [-0.2, -0.15) is 0 Å². The third kappa shape index (κ3) is 2.34. The molecule has 1 aliphatic rings. The van der Waals surface area contributed by atoms with Gasteiger partial charge in [-0.15, -0.1) is 0 Å². The second kappa shape index (κ2) is 3.93. The number of rotatable bonds is 0. The summed E-state index contributed by atoms with van der Waals surface area (Å²) in [5.41, 5.74) is 5.55. The van der Waals surface area contributed by atoms with Crippen molar-refractivity contribution in [1.82, 2.24) is 0 Å². The van der Waals surface area contributed by atoms with Crippen LogP contribution in [0.4, 0.5) is 0 Å². The molecule has 0 amide bonds. The van der Waals surface area contributed by atoms with Gasteiger partial charge in [-0.3, -0.25) is 0 Å². The van der Waals surface area contributed by atoms with Gasteiger partial charge in [-0.05, 0) is 28.8 Å². The fourth-order valence-corrected chi connectivity index (χ4v) is 1.23. The van der Waals surface area contributed by atoms with Crippen LogP contribution in [-0.2, 0) is 0 Å². The van der Waals surface area contributed by atoms with Gasteiger partial charge in [0.15, 0.2) is 0 Å². The molecule has 0 spiro atoms. The van der Waals surface area contributed by atoms with Crippen LogP contribution in [0, 0.1) is 0 Å². The number of nitrogens with two attached hydrogens (primary N) is 1. The van der Waals surface area contributed by atoms with Crippen LogP contribution in [0.25, 0.3) is 0 Å². The van der Waals surface area contributed by atoms with Crippen LogP contribution in [0.5, 0.6) is 0 Å². The van der Waals surface area contributed by atoms with E-state index in [1.807, 2.05) is 6.08 Å². The van der Waals surface area contributed by atoms with Crippen LogP contribution < -0.4 is 5.73 Å². The highest BCUT2D eigenvalue weighted by molar-refractivity contribution is 9.12. The maximum atomic E-state index is 5.88. The lowest BCUT2D eigenvalue weighted by Gasteiger charge is -2.03. The van der Waals surface area contributed by atoms with Crippen molar-refractivity contribution in [2.45, 2.75) is 12.8 Å². The molecule has 0 aromatic carbocycles. The molecule has 4 heteroatoms. The molecule has 1 aliphatic heterocycles. The van der Waals surface area contributed by atoms with E-state index in [2.05, 4.69) is 20.9 Å². The first-order valence-electron chi connectivity index (χ1n) is 3.24. The van der Waals surface area contributed by atoms with Crippen LogP contribution >= 0.6 is 27.5 Å². The van der Waals surface area contributed by atoms with E-state index in [1.165, 1.54) is 0 Å². The van der Waals surface area contributed by atoms with Crippen molar-refractivity contribution >= 4 is 33.4 Å². The largest absolute Gasteiger partial charge is 0.383 e. The fraction of sp³-hybridized carbons (Fsp3) is 0.286. The summed E-state index contributed by atoms with van der Waals surface area (Å²) in [6.45, 7) is 0. The van der Waals surface area contributed by atoms with E-state index in [1.54, 1.807) is 6.20 Å². The molecule has 0 aromatic heterocycles. The fourth-order valence-electron chi connectivity index (χ4n) is 0.723. The molecular weight excluding hydrogens is 227 g/mol. The second-order valence-electron chi connectivity index (χ2n) is 2.16. The van der Waals surface area contributed by atoms with Crippen LogP contribution in [0.15, 0.2) is 26.8 Å². The molecule has 0 saturated carbocycles. The summed E-state index contributed by atoms with van der Waals surface area (Å²) in [6.07, 6.45) is 5.36. The number of hydrogen-bond donors (Lipinski definition) is 1. The predicted octanol–water partition coefficient (Wildman–Crippen LogP) is 2.50. The zero-order valence-electron chi connectivity index (χ0n) is 5.85. The average Bonchev–Trinajstić information content (AvgIpc) is 2.00. The highest BCUT2D eigenvalue weighted by Gasteiger charge is 2.05. The van der Waals surface area contributed by atoms with Gasteiger partial charge in [0.05, 0.1) is 4.48 Å². The zero-order valence-corrected chi connectivity index (χ0v) is 8.19. The summed E-state index contributed by atoms with van der Waals surface area (Å²) in [5, 5.41) is 0.732. The summed E-state index contributed by atoms with van der Waals surface area (Å²) < 4.78 is 0.712. The van der Waals surface area contributed by atoms with Crippen LogP contribution in [0.2, 0.25) is 0 Å². The van der Waals surface area contributed by atoms with Gasteiger partial charge in [0.2, 0.25) is 0 Å². The van der Waals surface area contributed by atoms with Gasteiger partial charge < -0.3 is 5.73 Å². The van der Waals surface area contributed by atoms with E-state index in [-0.39, 0.29) is 0 Å². The Morgan fingerprint density at radius 2 is 2.36 bits per heavy atom. The molecule has 2 nitrogen and oxygen atoms in total. The molecule has 0 aliphatic carbocycles. The maximum absolute atomic E-state index is 5.88. The van der Waals surface area contributed by atoms with Gasteiger partial charge in [-0.25, -0.2) is 4.99 Å². The Bertz CT molecular complexity index is 243. The Hall–Kier alpha value is -0.280. The third-order valence-electron chi connectivity index (χ3n) is 1.31. The average molecular weight is 236 g/mol. The Morgan fingerprint density at radius 1 is 1.64 bits per heavy atom. The van der Waals surface area contributed by atoms with Gasteiger partial charge in [0.1, 0.15) is 5.84 Å². The summed E-state index contributed by atoms with van der Waals surface area (Å²) in [6, 6.07) is 0. The van der Waals surface area contributed by atoms with Gasteiger partial charge >= 0.3 is 0 Å².